The van der Waals surface area contributed by atoms with Crippen molar-refractivity contribution < 1.29 is 15.0 Å². The van der Waals surface area contributed by atoms with E-state index >= 15 is 0 Å². The van der Waals surface area contributed by atoms with Gasteiger partial charge in [-0.2, -0.15) is 25.0 Å². The van der Waals surface area contributed by atoms with Crippen molar-refractivity contribution in [3.8, 4) is 0 Å². The third-order valence-corrected chi connectivity index (χ3v) is 10.6. The van der Waals surface area contributed by atoms with Gasteiger partial charge in [-0.15, -0.1) is 0 Å². The van der Waals surface area contributed by atoms with E-state index in [2.05, 4.69) is 65.3 Å². The molecule has 6 atom stereocenters. The van der Waals surface area contributed by atoms with Crippen LogP contribution >= 0.6 is 0 Å². The molecule has 4 aromatic heterocycles. The minimum atomic E-state index is -1.11. The largest absolute Gasteiger partial charge is 0.388 e. The van der Waals surface area contributed by atoms with Crippen LogP contribution in [0.25, 0.3) is 11.2 Å². The maximum Gasteiger partial charge on any atom is 0.315 e. The first-order valence-corrected chi connectivity index (χ1v) is 18.5. The van der Waals surface area contributed by atoms with Gasteiger partial charge in [-0.05, 0) is 37.3 Å². The van der Waals surface area contributed by atoms with Crippen LogP contribution in [0.1, 0.15) is 73.2 Å². The van der Waals surface area contributed by atoms with Crippen molar-refractivity contribution in [3.63, 3.8) is 0 Å². The number of nitrogens with one attached hydrogen (secondary N) is 4. The van der Waals surface area contributed by atoms with Crippen molar-refractivity contribution in [2.45, 2.75) is 75.4 Å². The molecule has 5 heterocycles. The van der Waals surface area contributed by atoms with Crippen molar-refractivity contribution in [1.82, 2.24) is 55.1 Å². The van der Waals surface area contributed by atoms with Gasteiger partial charge in [-0.3, -0.25) is 0 Å². The summed E-state index contributed by atoms with van der Waals surface area (Å²) >= 11 is 0. The fourth-order valence-corrected chi connectivity index (χ4v) is 7.60. The molecular formula is C38H45N13O3. The lowest BCUT2D eigenvalue weighted by molar-refractivity contribution is 0.00497. The molecule has 1 saturated carbocycles. The Morgan fingerprint density at radius 2 is 1.74 bits per heavy atom. The Balaban J connectivity index is 1.09. The fourth-order valence-electron chi connectivity index (χ4n) is 7.60. The van der Waals surface area contributed by atoms with E-state index in [4.69, 9.17) is 15.0 Å². The van der Waals surface area contributed by atoms with Gasteiger partial charge in [0.1, 0.15) is 18.2 Å². The zero-order valence-electron chi connectivity index (χ0n) is 30.2. The smallest absolute Gasteiger partial charge is 0.315 e. The number of aliphatic hydroxyl groups excluding tert-OH is 2. The molecule has 2 fully saturated rings. The average Bonchev–Trinajstić information content (AvgIpc) is 4.05. The first kappa shape index (κ1) is 35.2. The lowest BCUT2D eigenvalue weighted by Gasteiger charge is -2.22. The van der Waals surface area contributed by atoms with Gasteiger partial charge in [0.2, 0.25) is 5.95 Å². The topological polar surface area (TPSA) is 200 Å². The SMILES string of the molecule is CCc1cnn([C@H]2C[C@@H](n3cnc4c(NCC(c5ccccc5)c5ccccc5)nc(N5CC[C@@H](NC(=O)NC(C)c6cnc[nH]6)C5)nc43)[C@H](O)[C@@H]2O)n1. The summed E-state index contributed by atoms with van der Waals surface area (Å²) in [7, 11) is 0. The summed E-state index contributed by atoms with van der Waals surface area (Å²) < 4.78 is 1.84. The molecule has 2 aliphatic rings. The van der Waals surface area contributed by atoms with Crippen LogP contribution in [0.2, 0.25) is 0 Å². The molecular weight excluding hydrogens is 687 g/mol. The summed E-state index contributed by atoms with van der Waals surface area (Å²) in [6, 6.07) is 19.0. The number of aromatic nitrogens is 9. The van der Waals surface area contributed by atoms with E-state index in [0.717, 1.165) is 22.5 Å². The van der Waals surface area contributed by atoms with Crippen LogP contribution in [-0.2, 0) is 6.42 Å². The Morgan fingerprint density at radius 1 is 1.00 bits per heavy atom. The number of aryl methyl sites for hydroxylation is 1. The standard InChI is InChI=1S/C38H45N13O3/c1-3-26-17-43-51(48-26)31-16-30(33(52)34(31)53)50-22-42-32-35(40-18-28(24-10-6-4-7-11-24)25-12-8-5-9-13-25)46-37(47-36(32)50)49-15-14-27(20-49)45-38(54)44-23(2)29-19-39-21-41-29/h4-13,17,19,21-23,27-28,30-31,33-34,52-53H,3,14-16,18,20H2,1-2H3,(H,39,41)(H,40,46,47)(H2,44,45,54)/t23?,27-,30-,31+,33+,34-/m1/s1. The number of nitrogens with zero attached hydrogens (tertiary/aromatic N) is 9. The summed E-state index contributed by atoms with van der Waals surface area (Å²) in [6.07, 6.45) is 6.22. The molecule has 2 amide bonds. The van der Waals surface area contributed by atoms with E-state index in [1.807, 2.05) is 54.8 Å². The van der Waals surface area contributed by atoms with Crippen molar-refractivity contribution in [2.24, 2.45) is 0 Å². The van der Waals surface area contributed by atoms with Crippen molar-refractivity contribution in [3.05, 3.63) is 108 Å². The van der Waals surface area contributed by atoms with Gasteiger partial charge in [0.15, 0.2) is 17.0 Å². The second-order valence-electron chi connectivity index (χ2n) is 14.1. The molecule has 1 aliphatic heterocycles. The molecule has 0 bridgehead atoms. The number of carbonyl (C=O) groups excluding carboxylic acids is 1. The van der Waals surface area contributed by atoms with E-state index in [-0.39, 0.29) is 24.0 Å². The number of fused-ring (bicyclic) bond motifs is 1. The zero-order valence-corrected chi connectivity index (χ0v) is 30.2. The summed E-state index contributed by atoms with van der Waals surface area (Å²) in [4.78, 5) is 38.4. The highest BCUT2D eigenvalue weighted by Gasteiger charge is 2.45. The Kier molecular flexibility index (Phi) is 9.93. The predicted octanol–water partition coefficient (Wildman–Crippen LogP) is 3.49. The van der Waals surface area contributed by atoms with E-state index in [1.165, 1.54) is 4.80 Å². The molecule has 2 aromatic carbocycles. The molecule has 280 valence electrons. The number of carbonyl (C=O) groups is 1. The number of rotatable bonds is 12. The van der Waals surface area contributed by atoms with Crippen LogP contribution in [0.15, 0.2) is 85.7 Å². The third-order valence-electron chi connectivity index (χ3n) is 10.6. The van der Waals surface area contributed by atoms with Gasteiger partial charge < -0.3 is 40.6 Å². The highest BCUT2D eigenvalue weighted by molar-refractivity contribution is 5.84. The number of urea groups is 1. The molecule has 1 aliphatic carbocycles. The summed E-state index contributed by atoms with van der Waals surface area (Å²) in [5, 5.41) is 41.2. The average molecular weight is 732 g/mol. The normalized spacial score (nSPS) is 21.9. The van der Waals surface area contributed by atoms with Gasteiger partial charge in [0, 0.05) is 31.6 Å². The Bertz CT molecular complexity index is 2120. The van der Waals surface area contributed by atoms with E-state index in [0.29, 0.717) is 61.8 Å². The van der Waals surface area contributed by atoms with Crippen LogP contribution in [-0.4, -0.2) is 98.6 Å². The summed E-state index contributed by atoms with van der Waals surface area (Å²) in [5.74, 6) is 1.05. The molecule has 1 saturated heterocycles. The van der Waals surface area contributed by atoms with Crippen molar-refractivity contribution in [1.29, 1.82) is 0 Å². The number of hydrogen-bond acceptors (Lipinski definition) is 11. The Hall–Kier alpha value is -5.87. The number of aliphatic hydroxyl groups is 2. The van der Waals surface area contributed by atoms with Crippen molar-refractivity contribution >= 4 is 29.0 Å². The first-order chi connectivity index (χ1) is 26.4. The maximum absolute atomic E-state index is 12.9. The Morgan fingerprint density at radius 3 is 2.43 bits per heavy atom. The molecule has 6 aromatic rings. The van der Waals surface area contributed by atoms with Crippen LogP contribution in [0, 0.1) is 0 Å². The maximum atomic E-state index is 12.9. The molecule has 6 N–H and O–H groups in total. The van der Waals surface area contributed by atoms with Crippen LogP contribution in [0.5, 0.6) is 0 Å². The monoisotopic (exact) mass is 731 g/mol. The predicted molar refractivity (Wildman–Crippen MR) is 202 cm³/mol. The van der Waals surface area contributed by atoms with Gasteiger partial charge in [0.25, 0.3) is 0 Å². The molecule has 16 nitrogen and oxygen atoms in total. The number of amides is 2. The molecule has 0 spiro atoms. The second kappa shape index (κ2) is 15.2. The minimum Gasteiger partial charge on any atom is -0.388 e. The quantitative estimate of drug-likeness (QED) is 0.108. The van der Waals surface area contributed by atoms with Crippen LogP contribution in [0.3, 0.4) is 0 Å². The minimum absolute atomic E-state index is 0.0214. The number of anilines is 2. The third kappa shape index (κ3) is 7.09. The number of imidazole rings is 2. The molecule has 16 heteroatoms. The lowest BCUT2D eigenvalue weighted by Crippen LogP contribution is -2.44. The van der Waals surface area contributed by atoms with Gasteiger partial charge in [-0.25, -0.2) is 14.8 Å². The molecule has 8 rings (SSSR count). The number of aromatic amines is 1. The van der Waals surface area contributed by atoms with E-state index in [1.54, 1.807) is 25.0 Å². The molecule has 54 heavy (non-hydrogen) atoms. The van der Waals surface area contributed by atoms with Crippen molar-refractivity contribution in [2.75, 3.05) is 29.9 Å². The fraction of sp³-hybridized carbons (Fsp3) is 0.395. The molecule has 0 radical (unpaired) electrons. The number of benzene rings is 2. The van der Waals surface area contributed by atoms with Crippen LogP contribution < -0.4 is 20.9 Å². The highest BCUT2D eigenvalue weighted by Crippen LogP contribution is 2.40. The van der Waals surface area contributed by atoms with E-state index in [9.17, 15) is 15.0 Å². The highest BCUT2D eigenvalue weighted by atomic mass is 16.3. The van der Waals surface area contributed by atoms with Crippen LogP contribution in [0.4, 0.5) is 16.6 Å². The molecule has 1 unspecified atom stereocenters. The first-order valence-electron chi connectivity index (χ1n) is 18.5. The summed E-state index contributed by atoms with van der Waals surface area (Å²) in [6.45, 7) is 5.54. The van der Waals surface area contributed by atoms with Gasteiger partial charge in [0.05, 0.1) is 48.5 Å². The Labute approximate surface area is 312 Å². The zero-order chi connectivity index (χ0) is 37.2. The lowest BCUT2D eigenvalue weighted by atomic mass is 9.91. The van der Waals surface area contributed by atoms with E-state index < -0.39 is 24.3 Å². The second-order valence-corrected chi connectivity index (χ2v) is 14.1. The number of H-pyrrole nitrogens is 1. The number of hydrogen-bond donors (Lipinski definition) is 6. The van der Waals surface area contributed by atoms with Gasteiger partial charge >= 0.3 is 6.03 Å². The van der Waals surface area contributed by atoms with Gasteiger partial charge in [-0.1, -0.05) is 67.6 Å². The summed E-state index contributed by atoms with van der Waals surface area (Å²) in [5.41, 5.74) is 5.03.